The number of benzene rings is 1. The van der Waals surface area contributed by atoms with E-state index in [4.69, 9.17) is 27.9 Å². The van der Waals surface area contributed by atoms with E-state index >= 15 is 0 Å². The second-order valence-electron chi connectivity index (χ2n) is 4.54. The first-order valence-corrected chi connectivity index (χ1v) is 7.00. The van der Waals surface area contributed by atoms with Crippen LogP contribution in [0.3, 0.4) is 0 Å². The van der Waals surface area contributed by atoms with Crippen LogP contribution in [0.2, 0.25) is 10.0 Å². The van der Waals surface area contributed by atoms with E-state index in [2.05, 4.69) is 19.2 Å². The first-order valence-electron chi connectivity index (χ1n) is 6.25. The first kappa shape index (κ1) is 15.6. The van der Waals surface area contributed by atoms with Crippen molar-refractivity contribution in [3.05, 3.63) is 27.7 Å². The van der Waals surface area contributed by atoms with Gasteiger partial charge in [-0.05, 0) is 31.0 Å². The van der Waals surface area contributed by atoms with Crippen LogP contribution in [-0.2, 0) is 0 Å². The zero-order chi connectivity index (χ0) is 13.7. The Kier molecular flexibility index (Phi) is 6.27. The minimum absolute atomic E-state index is 0.209. The topological polar surface area (TPSA) is 21.3 Å². The van der Waals surface area contributed by atoms with Crippen LogP contribution < -0.4 is 10.1 Å². The summed E-state index contributed by atoms with van der Waals surface area (Å²) >= 11 is 12.5. The lowest BCUT2D eigenvalue weighted by Crippen LogP contribution is -2.23. The van der Waals surface area contributed by atoms with Crippen LogP contribution in [0, 0.1) is 5.92 Å². The largest absolute Gasteiger partial charge is 0.495 e. The van der Waals surface area contributed by atoms with Crippen molar-refractivity contribution in [2.24, 2.45) is 5.92 Å². The van der Waals surface area contributed by atoms with Crippen molar-refractivity contribution in [2.75, 3.05) is 14.2 Å². The molecule has 0 amide bonds. The highest BCUT2D eigenvalue weighted by Gasteiger charge is 2.21. The molecule has 0 bridgehead atoms. The Bertz CT molecular complexity index is 396. The molecule has 0 saturated carbocycles. The predicted molar refractivity (Wildman–Crippen MR) is 78.9 cm³/mol. The van der Waals surface area contributed by atoms with Crippen molar-refractivity contribution in [1.82, 2.24) is 5.32 Å². The van der Waals surface area contributed by atoms with Gasteiger partial charge in [-0.3, -0.25) is 0 Å². The molecule has 0 aliphatic carbocycles. The van der Waals surface area contributed by atoms with Gasteiger partial charge in [-0.25, -0.2) is 0 Å². The van der Waals surface area contributed by atoms with E-state index in [1.54, 1.807) is 13.2 Å². The molecule has 0 radical (unpaired) electrons. The van der Waals surface area contributed by atoms with E-state index in [9.17, 15) is 0 Å². The molecule has 102 valence electrons. The van der Waals surface area contributed by atoms with E-state index in [0.29, 0.717) is 21.7 Å². The van der Waals surface area contributed by atoms with Crippen molar-refractivity contribution in [1.29, 1.82) is 0 Å². The summed E-state index contributed by atoms with van der Waals surface area (Å²) in [5.41, 5.74) is 1.03. The zero-order valence-electron chi connectivity index (χ0n) is 11.4. The number of rotatable bonds is 6. The van der Waals surface area contributed by atoms with Crippen LogP contribution in [0.5, 0.6) is 5.75 Å². The number of methoxy groups -OCH3 is 1. The highest BCUT2D eigenvalue weighted by Crippen LogP contribution is 2.37. The van der Waals surface area contributed by atoms with Crippen LogP contribution >= 0.6 is 23.2 Å². The number of nitrogens with one attached hydrogen (secondary N) is 1. The fourth-order valence-corrected chi connectivity index (χ4v) is 2.83. The highest BCUT2D eigenvalue weighted by atomic mass is 35.5. The van der Waals surface area contributed by atoms with Gasteiger partial charge in [-0.2, -0.15) is 0 Å². The third kappa shape index (κ3) is 3.53. The van der Waals surface area contributed by atoms with Crippen LogP contribution in [0.1, 0.15) is 38.3 Å². The molecule has 0 heterocycles. The van der Waals surface area contributed by atoms with E-state index in [-0.39, 0.29) is 6.04 Å². The SMILES string of the molecule is CCCC(C)C(NC)c1cc(Cl)c(OC)cc1Cl. The molecule has 1 aromatic rings. The maximum atomic E-state index is 6.32. The molecule has 0 fully saturated rings. The summed E-state index contributed by atoms with van der Waals surface area (Å²) in [4.78, 5) is 0. The van der Waals surface area contributed by atoms with E-state index in [1.165, 1.54) is 0 Å². The molecule has 2 atom stereocenters. The van der Waals surface area contributed by atoms with Crippen LogP contribution in [-0.4, -0.2) is 14.2 Å². The quantitative estimate of drug-likeness (QED) is 0.820. The average Bonchev–Trinajstić information content (AvgIpc) is 2.34. The smallest absolute Gasteiger partial charge is 0.138 e. The molecule has 18 heavy (non-hydrogen) atoms. The fraction of sp³-hybridized carbons (Fsp3) is 0.571. The normalized spacial score (nSPS) is 14.3. The third-order valence-corrected chi connectivity index (χ3v) is 3.85. The molecule has 2 nitrogen and oxygen atoms in total. The van der Waals surface area contributed by atoms with Gasteiger partial charge < -0.3 is 10.1 Å². The molecule has 0 spiro atoms. The summed E-state index contributed by atoms with van der Waals surface area (Å²) in [5.74, 6) is 1.12. The van der Waals surface area contributed by atoms with Crippen molar-refractivity contribution < 1.29 is 4.74 Å². The Morgan fingerprint density at radius 2 is 1.94 bits per heavy atom. The monoisotopic (exact) mass is 289 g/mol. The summed E-state index contributed by atoms with van der Waals surface area (Å²) in [6.45, 7) is 4.41. The van der Waals surface area contributed by atoms with Crippen LogP contribution in [0.4, 0.5) is 0 Å². The maximum Gasteiger partial charge on any atom is 0.138 e. The highest BCUT2D eigenvalue weighted by molar-refractivity contribution is 6.34. The minimum atomic E-state index is 0.209. The lowest BCUT2D eigenvalue weighted by molar-refractivity contribution is 0.382. The molecule has 0 aliphatic heterocycles. The molecule has 4 heteroatoms. The lowest BCUT2D eigenvalue weighted by Gasteiger charge is -2.25. The Morgan fingerprint density at radius 1 is 1.28 bits per heavy atom. The summed E-state index contributed by atoms with van der Waals surface area (Å²) in [7, 11) is 3.54. The Labute approximate surface area is 120 Å². The maximum absolute atomic E-state index is 6.32. The molecule has 2 unspecified atom stereocenters. The Balaban J connectivity index is 3.09. The van der Waals surface area contributed by atoms with Gasteiger partial charge in [0.1, 0.15) is 5.75 Å². The second kappa shape index (κ2) is 7.22. The molecule has 0 saturated heterocycles. The van der Waals surface area contributed by atoms with E-state index in [1.807, 2.05) is 13.1 Å². The molecular weight excluding hydrogens is 269 g/mol. The van der Waals surface area contributed by atoms with Gasteiger partial charge in [0.25, 0.3) is 0 Å². The fourth-order valence-electron chi connectivity index (χ4n) is 2.31. The van der Waals surface area contributed by atoms with Crippen molar-refractivity contribution in [3.63, 3.8) is 0 Å². The molecule has 1 aromatic carbocycles. The van der Waals surface area contributed by atoms with Crippen molar-refractivity contribution >= 4 is 23.2 Å². The lowest BCUT2D eigenvalue weighted by atomic mass is 9.91. The van der Waals surface area contributed by atoms with Gasteiger partial charge in [-0.1, -0.05) is 43.5 Å². The summed E-state index contributed by atoms with van der Waals surface area (Å²) in [6, 6.07) is 3.89. The summed E-state index contributed by atoms with van der Waals surface area (Å²) in [6.07, 6.45) is 2.30. The van der Waals surface area contributed by atoms with Crippen molar-refractivity contribution in [3.8, 4) is 5.75 Å². The van der Waals surface area contributed by atoms with Gasteiger partial charge >= 0.3 is 0 Å². The number of halogens is 2. The average molecular weight is 290 g/mol. The van der Waals surface area contributed by atoms with Gasteiger partial charge in [0, 0.05) is 17.1 Å². The van der Waals surface area contributed by atoms with E-state index in [0.717, 1.165) is 18.4 Å². The third-order valence-electron chi connectivity index (χ3n) is 3.23. The molecular formula is C14H21Cl2NO. The van der Waals surface area contributed by atoms with Crippen molar-refractivity contribution in [2.45, 2.75) is 32.7 Å². The Hall–Kier alpha value is -0.440. The van der Waals surface area contributed by atoms with Gasteiger partial charge in [0.05, 0.1) is 12.1 Å². The van der Waals surface area contributed by atoms with E-state index < -0.39 is 0 Å². The number of ether oxygens (including phenoxy) is 1. The molecule has 0 aliphatic rings. The predicted octanol–water partition coefficient (Wildman–Crippen LogP) is 4.70. The van der Waals surface area contributed by atoms with Crippen LogP contribution in [0.25, 0.3) is 0 Å². The molecule has 1 rings (SSSR count). The minimum Gasteiger partial charge on any atom is -0.495 e. The number of hydrogen-bond donors (Lipinski definition) is 1. The zero-order valence-corrected chi connectivity index (χ0v) is 12.9. The first-order chi connectivity index (χ1) is 8.54. The second-order valence-corrected chi connectivity index (χ2v) is 5.35. The van der Waals surface area contributed by atoms with Gasteiger partial charge in [0.2, 0.25) is 0 Å². The van der Waals surface area contributed by atoms with Crippen LogP contribution in [0.15, 0.2) is 12.1 Å². The Morgan fingerprint density at radius 3 is 2.44 bits per heavy atom. The van der Waals surface area contributed by atoms with Gasteiger partial charge in [-0.15, -0.1) is 0 Å². The standard InChI is InChI=1S/C14H21Cl2NO/c1-5-6-9(2)14(17-3)10-7-12(16)13(18-4)8-11(10)15/h7-9,14,17H,5-6H2,1-4H3. The summed E-state index contributed by atoms with van der Waals surface area (Å²) in [5, 5.41) is 4.62. The molecule has 1 N–H and O–H groups in total. The number of hydrogen-bond acceptors (Lipinski definition) is 2. The van der Waals surface area contributed by atoms with Gasteiger partial charge in [0.15, 0.2) is 0 Å². The summed E-state index contributed by atoms with van der Waals surface area (Å²) < 4.78 is 5.17. The molecule has 0 aromatic heterocycles.